The normalized spacial score (nSPS) is 10.3. The van der Waals surface area contributed by atoms with Gasteiger partial charge in [-0.1, -0.05) is 0 Å². The quantitative estimate of drug-likeness (QED) is 0.436. The zero-order chi connectivity index (χ0) is 10.4. The SMILES string of the molecule is CN(C)OC(=O)CC(=O)ON(C)C. The van der Waals surface area contributed by atoms with E-state index in [1.54, 1.807) is 28.2 Å². The van der Waals surface area contributed by atoms with Crippen LogP contribution in [0.25, 0.3) is 0 Å². The molecule has 0 aromatic carbocycles. The Morgan fingerprint density at radius 1 is 0.923 bits per heavy atom. The first-order valence-electron chi connectivity index (χ1n) is 3.68. The van der Waals surface area contributed by atoms with Crippen molar-refractivity contribution >= 4 is 11.9 Å². The van der Waals surface area contributed by atoms with E-state index in [0.717, 1.165) is 0 Å². The fourth-order valence-corrected chi connectivity index (χ4v) is 0.590. The van der Waals surface area contributed by atoms with E-state index >= 15 is 0 Å². The smallest absolute Gasteiger partial charge is 0.336 e. The second kappa shape index (κ2) is 5.50. The predicted octanol–water partition coefficient (Wildman–Crippen LogP) is -0.584. The Bertz CT molecular complexity index is 171. The molecule has 0 radical (unpaired) electrons. The van der Waals surface area contributed by atoms with E-state index in [2.05, 4.69) is 9.68 Å². The van der Waals surface area contributed by atoms with E-state index < -0.39 is 18.4 Å². The molecular weight excluding hydrogens is 176 g/mol. The molecule has 0 saturated carbocycles. The molecule has 13 heavy (non-hydrogen) atoms. The zero-order valence-electron chi connectivity index (χ0n) is 8.23. The summed E-state index contributed by atoms with van der Waals surface area (Å²) in [6, 6.07) is 0. The molecule has 0 aromatic rings. The molecule has 0 aliphatic carbocycles. The van der Waals surface area contributed by atoms with Crippen LogP contribution in [-0.2, 0) is 19.3 Å². The summed E-state index contributed by atoms with van der Waals surface area (Å²) >= 11 is 0. The van der Waals surface area contributed by atoms with Crippen LogP contribution in [0, 0.1) is 0 Å². The topological polar surface area (TPSA) is 59.1 Å². The molecule has 76 valence electrons. The molecule has 6 heteroatoms. The lowest BCUT2D eigenvalue weighted by Gasteiger charge is -2.11. The van der Waals surface area contributed by atoms with E-state index in [1.165, 1.54) is 10.1 Å². The minimum absolute atomic E-state index is 0.393. The first kappa shape index (κ1) is 11.9. The summed E-state index contributed by atoms with van der Waals surface area (Å²) in [5, 5.41) is 2.43. The molecule has 0 fully saturated rings. The molecule has 0 N–H and O–H groups in total. The van der Waals surface area contributed by atoms with Gasteiger partial charge in [0.15, 0.2) is 0 Å². The summed E-state index contributed by atoms with van der Waals surface area (Å²) in [6.45, 7) is 0. The number of rotatable bonds is 4. The summed E-state index contributed by atoms with van der Waals surface area (Å²) in [4.78, 5) is 30.9. The van der Waals surface area contributed by atoms with Crippen molar-refractivity contribution in [3.05, 3.63) is 0 Å². The summed E-state index contributed by atoms with van der Waals surface area (Å²) in [6.07, 6.45) is -0.393. The maximum atomic E-state index is 10.9. The number of carbonyl (C=O) groups excluding carboxylic acids is 2. The number of hydroxylamine groups is 4. The van der Waals surface area contributed by atoms with Crippen molar-refractivity contribution in [1.82, 2.24) is 10.1 Å². The molecule has 0 heterocycles. The highest BCUT2D eigenvalue weighted by atomic mass is 16.7. The van der Waals surface area contributed by atoms with Crippen molar-refractivity contribution in [2.45, 2.75) is 6.42 Å². The Hall–Kier alpha value is -1.14. The lowest BCUT2D eigenvalue weighted by atomic mass is 10.4. The van der Waals surface area contributed by atoms with Gasteiger partial charge in [0, 0.05) is 28.2 Å². The summed E-state index contributed by atoms with van der Waals surface area (Å²) in [7, 11) is 6.20. The van der Waals surface area contributed by atoms with Gasteiger partial charge in [0.05, 0.1) is 0 Å². The molecule has 0 rings (SSSR count). The van der Waals surface area contributed by atoms with Gasteiger partial charge in [0.25, 0.3) is 0 Å². The second-order valence-corrected chi connectivity index (χ2v) is 2.73. The molecule has 6 nitrogen and oxygen atoms in total. The number of hydrogen-bond donors (Lipinski definition) is 0. The van der Waals surface area contributed by atoms with Crippen LogP contribution in [0.3, 0.4) is 0 Å². The standard InChI is InChI=1S/C7H14N2O4/c1-8(2)12-6(10)5-7(11)13-9(3)4/h5H2,1-4H3. The lowest BCUT2D eigenvalue weighted by Crippen LogP contribution is -2.24. The van der Waals surface area contributed by atoms with Crippen molar-refractivity contribution in [1.29, 1.82) is 0 Å². The molecule has 0 atom stereocenters. The van der Waals surface area contributed by atoms with E-state index in [-0.39, 0.29) is 0 Å². The summed E-state index contributed by atoms with van der Waals surface area (Å²) in [5.74, 6) is -1.28. The van der Waals surface area contributed by atoms with Crippen LogP contribution >= 0.6 is 0 Å². The average Bonchev–Trinajstić information content (AvgIpc) is 1.80. The van der Waals surface area contributed by atoms with Gasteiger partial charge in [-0.2, -0.15) is 0 Å². The van der Waals surface area contributed by atoms with E-state index in [9.17, 15) is 9.59 Å². The molecule has 0 aliphatic heterocycles. The first-order chi connectivity index (χ1) is 5.91. The van der Waals surface area contributed by atoms with Gasteiger partial charge >= 0.3 is 11.9 Å². The largest absolute Gasteiger partial charge is 0.368 e. The van der Waals surface area contributed by atoms with Crippen LogP contribution in [0.2, 0.25) is 0 Å². The Morgan fingerprint density at radius 2 is 1.23 bits per heavy atom. The van der Waals surface area contributed by atoms with Gasteiger partial charge in [-0.25, -0.2) is 9.59 Å². The Labute approximate surface area is 76.9 Å². The van der Waals surface area contributed by atoms with Crippen LogP contribution in [0.4, 0.5) is 0 Å². The fourth-order valence-electron chi connectivity index (χ4n) is 0.590. The summed E-state index contributed by atoms with van der Waals surface area (Å²) < 4.78 is 0. The second-order valence-electron chi connectivity index (χ2n) is 2.73. The van der Waals surface area contributed by atoms with Gasteiger partial charge < -0.3 is 9.68 Å². The average molecular weight is 190 g/mol. The highest BCUT2D eigenvalue weighted by molar-refractivity contribution is 5.90. The maximum absolute atomic E-state index is 10.9. The maximum Gasteiger partial charge on any atom is 0.336 e. The zero-order valence-corrected chi connectivity index (χ0v) is 8.23. The van der Waals surface area contributed by atoms with Crippen LogP contribution in [0.5, 0.6) is 0 Å². The van der Waals surface area contributed by atoms with Crippen molar-refractivity contribution in [3.63, 3.8) is 0 Å². The number of nitrogens with zero attached hydrogens (tertiary/aromatic N) is 2. The highest BCUT2D eigenvalue weighted by Crippen LogP contribution is 1.92. The molecule has 0 spiro atoms. The third-order valence-electron chi connectivity index (χ3n) is 0.857. The van der Waals surface area contributed by atoms with E-state index in [0.29, 0.717) is 0 Å². The third kappa shape index (κ3) is 7.23. The first-order valence-corrected chi connectivity index (χ1v) is 3.68. The van der Waals surface area contributed by atoms with Crippen molar-refractivity contribution < 1.29 is 19.3 Å². The van der Waals surface area contributed by atoms with Gasteiger partial charge in [0.2, 0.25) is 0 Å². The fraction of sp³-hybridized carbons (Fsp3) is 0.714. The summed E-state index contributed by atoms with van der Waals surface area (Å²) in [5.41, 5.74) is 0. The van der Waals surface area contributed by atoms with E-state index in [4.69, 9.17) is 0 Å². The highest BCUT2D eigenvalue weighted by Gasteiger charge is 2.14. The molecule has 0 bridgehead atoms. The number of hydrogen-bond acceptors (Lipinski definition) is 6. The van der Waals surface area contributed by atoms with Crippen LogP contribution in [0.15, 0.2) is 0 Å². The predicted molar refractivity (Wildman–Crippen MR) is 44.2 cm³/mol. The molecular formula is C7H14N2O4. The Morgan fingerprint density at radius 3 is 1.46 bits per heavy atom. The Kier molecular flexibility index (Phi) is 5.01. The van der Waals surface area contributed by atoms with Gasteiger partial charge in [-0.05, 0) is 0 Å². The molecule has 0 unspecified atom stereocenters. The minimum Gasteiger partial charge on any atom is -0.368 e. The van der Waals surface area contributed by atoms with Crippen LogP contribution in [-0.4, -0.2) is 50.3 Å². The van der Waals surface area contributed by atoms with Gasteiger partial charge in [0.1, 0.15) is 6.42 Å². The molecule has 0 saturated heterocycles. The van der Waals surface area contributed by atoms with Gasteiger partial charge in [-0.3, -0.25) is 0 Å². The third-order valence-corrected chi connectivity index (χ3v) is 0.857. The molecule has 0 aliphatic rings. The minimum atomic E-state index is -0.642. The van der Waals surface area contributed by atoms with Crippen molar-refractivity contribution in [3.8, 4) is 0 Å². The lowest BCUT2D eigenvalue weighted by molar-refractivity contribution is -0.190. The van der Waals surface area contributed by atoms with Crippen molar-refractivity contribution in [2.75, 3.05) is 28.2 Å². The molecule has 0 aromatic heterocycles. The number of carbonyl (C=O) groups is 2. The van der Waals surface area contributed by atoms with E-state index in [1.807, 2.05) is 0 Å². The van der Waals surface area contributed by atoms with Crippen LogP contribution < -0.4 is 0 Å². The van der Waals surface area contributed by atoms with Gasteiger partial charge in [-0.15, -0.1) is 10.1 Å². The van der Waals surface area contributed by atoms with Crippen molar-refractivity contribution in [2.24, 2.45) is 0 Å². The molecule has 0 amide bonds. The Balaban J connectivity index is 3.72. The van der Waals surface area contributed by atoms with Crippen LogP contribution in [0.1, 0.15) is 6.42 Å². The monoisotopic (exact) mass is 190 g/mol.